The van der Waals surface area contributed by atoms with Crippen LogP contribution in [-0.2, 0) is 11.8 Å². The maximum absolute atomic E-state index is 12.4. The summed E-state index contributed by atoms with van der Waals surface area (Å²) in [7, 11) is 1.76. The minimum Gasteiger partial charge on any atom is -0.358 e. The van der Waals surface area contributed by atoms with Crippen LogP contribution in [0.25, 0.3) is 0 Å². The van der Waals surface area contributed by atoms with Gasteiger partial charge in [0.05, 0.1) is 0 Å². The highest BCUT2D eigenvalue weighted by Gasteiger charge is 2.29. The second-order valence-electron chi connectivity index (χ2n) is 6.82. The lowest BCUT2D eigenvalue weighted by Gasteiger charge is -2.35. The van der Waals surface area contributed by atoms with E-state index < -0.39 is 4.92 Å². The molecule has 0 unspecified atom stereocenters. The molecule has 3 rings (SSSR count). The highest BCUT2D eigenvalue weighted by Crippen LogP contribution is 2.29. The van der Waals surface area contributed by atoms with Gasteiger partial charge in [-0.15, -0.1) is 0 Å². The van der Waals surface area contributed by atoms with Crippen LogP contribution in [0.2, 0.25) is 0 Å². The van der Waals surface area contributed by atoms with E-state index in [0.717, 1.165) is 12.3 Å². The van der Waals surface area contributed by atoms with Crippen LogP contribution in [0.3, 0.4) is 0 Å². The number of carbonyl (C=O) groups excluding carboxylic acids is 1. The first-order valence-electron chi connectivity index (χ1n) is 8.74. The van der Waals surface area contributed by atoms with Crippen LogP contribution < -0.4 is 4.90 Å². The fourth-order valence-electron chi connectivity index (χ4n) is 3.86. The van der Waals surface area contributed by atoms with Gasteiger partial charge in [-0.2, -0.15) is 0 Å². The van der Waals surface area contributed by atoms with Gasteiger partial charge in [0.25, 0.3) is 0 Å². The van der Waals surface area contributed by atoms with Crippen LogP contribution >= 0.6 is 0 Å². The molecule has 1 saturated heterocycles. The Kier molecular flexibility index (Phi) is 5.01. The third-order valence-corrected chi connectivity index (χ3v) is 5.23. The van der Waals surface area contributed by atoms with Gasteiger partial charge >= 0.3 is 5.82 Å². The van der Waals surface area contributed by atoms with Gasteiger partial charge in [-0.05, 0) is 22.2 Å². The summed E-state index contributed by atoms with van der Waals surface area (Å²) in [6.07, 6.45) is 8.26. The van der Waals surface area contributed by atoms with Crippen molar-refractivity contribution in [3.8, 4) is 0 Å². The summed E-state index contributed by atoms with van der Waals surface area (Å²) in [5.41, 5.74) is 0. The summed E-state index contributed by atoms with van der Waals surface area (Å²) in [6.45, 7) is 2.45. The number of imidazole rings is 1. The lowest BCUT2D eigenvalue weighted by molar-refractivity contribution is -0.388. The van der Waals surface area contributed by atoms with Gasteiger partial charge in [0.1, 0.15) is 0 Å². The molecule has 8 nitrogen and oxygen atoms in total. The molecule has 1 aliphatic heterocycles. The van der Waals surface area contributed by atoms with Crippen LogP contribution in [0.1, 0.15) is 38.5 Å². The molecular formula is C16H25N5O3. The van der Waals surface area contributed by atoms with E-state index in [1.807, 2.05) is 9.80 Å². The third kappa shape index (κ3) is 3.52. The number of hydrogen-bond donors (Lipinski definition) is 0. The Labute approximate surface area is 141 Å². The summed E-state index contributed by atoms with van der Waals surface area (Å²) < 4.78 is 1.68. The molecule has 0 bridgehead atoms. The molecule has 1 saturated carbocycles. The smallest absolute Gasteiger partial charge is 0.358 e. The second kappa shape index (κ2) is 7.19. The lowest BCUT2D eigenvalue weighted by atomic mass is 10.0. The molecule has 24 heavy (non-hydrogen) atoms. The first-order chi connectivity index (χ1) is 11.6. The van der Waals surface area contributed by atoms with Crippen molar-refractivity contribution < 1.29 is 9.72 Å². The quantitative estimate of drug-likeness (QED) is 0.606. The predicted molar refractivity (Wildman–Crippen MR) is 89.8 cm³/mol. The highest BCUT2D eigenvalue weighted by molar-refractivity contribution is 5.76. The summed E-state index contributed by atoms with van der Waals surface area (Å²) in [5, 5.41) is 11.1. The molecule has 0 spiro atoms. The molecular weight excluding hydrogens is 310 g/mol. The number of piperazine rings is 1. The number of amides is 1. The molecule has 1 aliphatic carbocycles. The van der Waals surface area contributed by atoms with Crippen LogP contribution in [0.4, 0.5) is 11.6 Å². The second-order valence-corrected chi connectivity index (χ2v) is 6.82. The monoisotopic (exact) mass is 335 g/mol. The number of aryl methyl sites for hydroxylation is 1. The van der Waals surface area contributed by atoms with Crippen LogP contribution in [0.15, 0.2) is 6.33 Å². The van der Waals surface area contributed by atoms with Gasteiger partial charge in [-0.25, -0.2) is 0 Å². The van der Waals surface area contributed by atoms with E-state index in [9.17, 15) is 14.9 Å². The summed E-state index contributed by atoms with van der Waals surface area (Å²) in [5.74, 6) is 1.37. The van der Waals surface area contributed by atoms with Gasteiger partial charge in [-0.1, -0.05) is 25.7 Å². The molecule has 132 valence electrons. The zero-order chi connectivity index (χ0) is 17.1. The van der Waals surface area contributed by atoms with Crippen LogP contribution in [-0.4, -0.2) is 51.5 Å². The molecule has 8 heteroatoms. The SMILES string of the molecule is Cn1cnc([N+](=O)[O-])c1N1CCN(C(=O)CCC2CCCC2)CC1. The minimum absolute atomic E-state index is 0.112. The van der Waals surface area contributed by atoms with E-state index >= 15 is 0 Å². The van der Waals surface area contributed by atoms with Crippen molar-refractivity contribution in [2.24, 2.45) is 13.0 Å². The van der Waals surface area contributed by atoms with Gasteiger partial charge < -0.3 is 19.9 Å². The fourth-order valence-corrected chi connectivity index (χ4v) is 3.86. The van der Waals surface area contributed by atoms with E-state index in [0.29, 0.717) is 38.4 Å². The molecule has 1 aromatic rings. The fraction of sp³-hybridized carbons (Fsp3) is 0.750. The molecule has 2 aliphatic rings. The van der Waals surface area contributed by atoms with Crippen molar-refractivity contribution >= 4 is 17.5 Å². The van der Waals surface area contributed by atoms with Crippen molar-refractivity contribution in [2.45, 2.75) is 38.5 Å². The van der Waals surface area contributed by atoms with E-state index in [1.165, 1.54) is 32.0 Å². The minimum atomic E-state index is -0.450. The number of rotatable bonds is 5. The normalized spacial score (nSPS) is 19.0. The van der Waals surface area contributed by atoms with Crippen molar-refractivity contribution in [1.82, 2.24) is 14.5 Å². The van der Waals surface area contributed by atoms with E-state index in [-0.39, 0.29) is 11.7 Å². The number of carbonyl (C=O) groups is 1. The van der Waals surface area contributed by atoms with Crippen molar-refractivity contribution in [3.05, 3.63) is 16.4 Å². The van der Waals surface area contributed by atoms with Crippen molar-refractivity contribution in [2.75, 3.05) is 31.1 Å². The predicted octanol–water partition coefficient (Wildman–Crippen LogP) is 1.95. The molecule has 1 amide bonds. The number of nitro groups is 1. The summed E-state index contributed by atoms with van der Waals surface area (Å²) in [6, 6.07) is 0. The van der Waals surface area contributed by atoms with Crippen LogP contribution in [0, 0.1) is 16.0 Å². The molecule has 0 N–H and O–H groups in total. The largest absolute Gasteiger partial charge is 0.406 e. The zero-order valence-corrected chi connectivity index (χ0v) is 14.2. The van der Waals surface area contributed by atoms with Crippen molar-refractivity contribution in [3.63, 3.8) is 0 Å². The van der Waals surface area contributed by atoms with Crippen LogP contribution in [0.5, 0.6) is 0 Å². The maximum Gasteiger partial charge on any atom is 0.406 e. The Bertz CT molecular complexity index is 601. The molecule has 0 aromatic carbocycles. The first-order valence-corrected chi connectivity index (χ1v) is 8.74. The maximum atomic E-state index is 12.4. The molecule has 0 atom stereocenters. The van der Waals surface area contributed by atoms with E-state index in [2.05, 4.69) is 4.98 Å². The number of aromatic nitrogens is 2. The van der Waals surface area contributed by atoms with Gasteiger partial charge in [0.15, 0.2) is 0 Å². The van der Waals surface area contributed by atoms with Crippen molar-refractivity contribution in [1.29, 1.82) is 0 Å². The standard InChI is InChI=1S/C16H25N5O3/c1-18-12-17-15(21(23)24)16(18)20-10-8-19(9-11-20)14(22)7-6-13-4-2-3-5-13/h12-13H,2-11H2,1H3. The Balaban J connectivity index is 1.53. The average Bonchev–Trinajstić information content (AvgIpc) is 3.22. The Morgan fingerprint density at radius 3 is 2.58 bits per heavy atom. The number of anilines is 1. The topological polar surface area (TPSA) is 84.5 Å². The lowest BCUT2D eigenvalue weighted by Crippen LogP contribution is -2.49. The highest BCUT2D eigenvalue weighted by atomic mass is 16.6. The van der Waals surface area contributed by atoms with Gasteiger partial charge in [-0.3, -0.25) is 9.36 Å². The molecule has 0 radical (unpaired) electrons. The Morgan fingerprint density at radius 2 is 1.96 bits per heavy atom. The van der Waals surface area contributed by atoms with Gasteiger partial charge in [0.2, 0.25) is 18.1 Å². The molecule has 2 fully saturated rings. The zero-order valence-electron chi connectivity index (χ0n) is 14.2. The third-order valence-electron chi connectivity index (χ3n) is 5.23. The van der Waals surface area contributed by atoms with E-state index in [1.54, 1.807) is 11.6 Å². The Morgan fingerprint density at radius 1 is 1.29 bits per heavy atom. The van der Waals surface area contributed by atoms with E-state index in [4.69, 9.17) is 0 Å². The Hall–Kier alpha value is -2.12. The summed E-state index contributed by atoms with van der Waals surface area (Å²) in [4.78, 5) is 30.7. The first kappa shape index (κ1) is 16.7. The number of nitrogens with zero attached hydrogens (tertiary/aromatic N) is 5. The molecule has 2 heterocycles. The summed E-state index contributed by atoms with van der Waals surface area (Å²) >= 11 is 0. The average molecular weight is 335 g/mol. The molecule has 1 aromatic heterocycles. The van der Waals surface area contributed by atoms with Gasteiger partial charge in [0, 0.05) is 39.6 Å². The number of hydrogen-bond acceptors (Lipinski definition) is 5.